The second kappa shape index (κ2) is 11.8. The van der Waals surface area contributed by atoms with Crippen LogP contribution in [0.1, 0.15) is 43.6 Å². The van der Waals surface area contributed by atoms with Gasteiger partial charge in [0, 0.05) is 24.5 Å². The van der Waals surface area contributed by atoms with Gasteiger partial charge in [0.25, 0.3) is 5.91 Å². The van der Waals surface area contributed by atoms with Crippen LogP contribution in [0.4, 0.5) is 5.00 Å². The van der Waals surface area contributed by atoms with Crippen LogP contribution in [0.25, 0.3) is 10.8 Å². The Morgan fingerprint density at radius 2 is 1.76 bits per heavy atom. The van der Waals surface area contributed by atoms with Crippen LogP contribution in [0.15, 0.2) is 66.7 Å². The Morgan fingerprint density at radius 1 is 1.00 bits per heavy atom. The maximum absolute atomic E-state index is 13.7. The van der Waals surface area contributed by atoms with E-state index in [-0.39, 0.29) is 18.3 Å². The number of carbonyl (C=O) groups excluding carboxylic acids is 2. The van der Waals surface area contributed by atoms with Crippen LogP contribution in [0.3, 0.4) is 0 Å². The van der Waals surface area contributed by atoms with E-state index in [1.54, 1.807) is 0 Å². The zero-order chi connectivity index (χ0) is 25.1. The first-order chi connectivity index (χ1) is 17.6. The van der Waals surface area contributed by atoms with E-state index in [1.165, 1.54) is 24.0 Å². The van der Waals surface area contributed by atoms with Crippen molar-refractivity contribution in [3.63, 3.8) is 0 Å². The molecule has 1 aromatic heterocycles. The minimum Gasteiger partial charge on any atom is -0.493 e. The van der Waals surface area contributed by atoms with Crippen molar-refractivity contribution >= 4 is 51.4 Å². The number of benzene rings is 3. The van der Waals surface area contributed by atoms with Gasteiger partial charge >= 0.3 is 5.97 Å². The molecule has 2 heterocycles. The first-order valence-electron chi connectivity index (χ1n) is 12.0. The molecule has 0 saturated carbocycles. The molecule has 0 bridgehead atoms. The van der Waals surface area contributed by atoms with Crippen LogP contribution in [-0.4, -0.2) is 37.0 Å². The normalized spacial score (nSPS) is 12.9. The molecule has 192 valence electrons. The fourth-order valence-electron chi connectivity index (χ4n) is 4.77. The van der Waals surface area contributed by atoms with E-state index in [0.717, 1.165) is 40.7 Å². The average Bonchev–Trinajstić information content (AvgIpc) is 3.25. The molecule has 1 amide bonds. The lowest BCUT2D eigenvalue weighted by atomic mass is 10.0. The number of anilines is 1. The predicted octanol–water partition coefficient (Wildman–Crippen LogP) is 6.32. The summed E-state index contributed by atoms with van der Waals surface area (Å²) in [5.74, 6) is -0.217. The number of hydrogen-bond donors (Lipinski definition) is 1. The minimum absolute atomic E-state index is 0. The largest absolute Gasteiger partial charge is 0.493 e. The Hall–Kier alpha value is -3.39. The van der Waals surface area contributed by atoms with Crippen LogP contribution >= 0.6 is 23.7 Å². The number of nitrogens with zero attached hydrogens (tertiary/aromatic N) is 1. The Labute approximate surface area is 226 Å². The molecular formula is C29H29ClN2O4S. The molecule has 3 aromatic carbocycles. The summed E-state index contributed by atoms with van der Waals surface area (Å²) in [6, 6.07) is 21.8. The molecule has 0 unspecified atom stereocenters. The van der Waals surface area contributed by atoms with Gasteiger partial charge in [-0.25, -0.2) is 4.79 Å². The second-order valence-corrected chi connectivity index (χ2v) is 9.80. The van der Waals surface area contributed by atoms with E-state index in [2.05, 4.69) is 22.3 Å². The van der Waals surface area contributed by atoms with Gasteiger partial charge in [0.2, 0.25) is 0 Å². The van der Waals surface area contributed by atoms with Gasteiger partial charge in [-0.2, -0.15) is 0 Å². The van der Waals surface area contributed by atoms with E-state index < -0.39 is 5.97 Å². The highest BCUT2D eigenvalue weighted by molar-refractivity contribution is 7.17. The van der Waals surface area contributed by atoms with E-state index in [0.29, 0.717) is 35.0 Å². The van der Waals surface area contributed by atoms with Crippen molar-refractivity contribution in [2.24, 2.45) is 0 Å². The Bertz CT molecular complexity index is 1420. The zero-order valence-electron chi connectivity index (χ0n) is 20.8. The maximum Gasteiger partial charge on any atom is 0.341 e. The van der Waals surface area contributed by atoms with E-state index in [1.807, 2.05) is 61.5 Å². The zero-order valence-corrected chi connectivity index (χ0v) is 22.4. The molecule has 4 aromatic rings. The Morgan fingerprint density at radius 3 is 2.51 bits per heavy atom. The molecule has 0 aliphatic carbocycles. The van der Waals surface area contributed by atoms with Crippen molar-refractivity contribution < 1.29 is 19.1 Å². The molecule has 0 saturated heterocycles. The highest BCUT2D eigenvalue weighted by atomic mass is 35.5. The summed E-state index contributed by atoms with van der Waals surface area (Å²) in [5, 5.41) is 5.30. The molecule has 6 nitrogen and oxygen atoms in total. The Balaban J connectivity index is 0.00000320. The molecule has 0 spiro atoms. The van der Waals surface area contributed by atoms with Crippen molar-refractivity contribution in [2.45, 2.75) is 26.4 Å². The van der Waals surface area contributed by atoms with Crippen LogP contribution in [0.5, 0.6) is 5.75 Å². The first kappa shape index (κ1) is 26.7. The summed E-state index contributed by atoms with van der Waals surface area (Å²) < 4.78 is 10.9. The van der Waals surface area contributed by atoms with Gasteiger partial charge in [-0.05, 0) is 41.3 Å². The van der Waals surface area contributed by atoms with E-state index >= 15 is 0 Å². The summed E-state index contributed by atoms with van der Waals surface area (Å²) in [6.45, 7) is 4.71. The maximum atomic E-state index is 13.7. The smallest absolute Gasteiger partial charge is 0.341 e. The van der Waals surface area contributed by atoms with Crippen LogP contribution in [-0.2, 0) is 24.2 Å². The number of carbonyl (C=O) groups is 2. The fraction of sp³-hybridized carbons (Fsp3) is 0.241. The summed E-state index contributed by atoms with van der Waals surface area (Å²) in [6.07, 6.45) is 0.720. The number of thiophene rings is 1. The predicted molar refractivity (Wildman–Crippen MR) is 150 cm³/mol. The molecule has 1 aliphatic rings. The van der Waals surface area contributed by atoms with Crippen LogP contribution in [0, 0.1) is 0 Å². The second-order valence-electron chi connectivity index (χ2n) is 8.69. The fourth-order valence-corrected chi connectivity index (χ4v) is 6.04. The van der Waals surface area contributed by atoms with Gasteiger partial charge in [0.05, 0.1) is 24.8 Å². The third-order valence-electron chi connectivity index (χ3n) is 6.42. The standard InChI is InChI=1S/C29H28N2O4S.ClH/c1-3-35-23-14-13-20-11-7-8-12-21(20)25(23)27(32)30-28-26(29(33)34-2)22-15-16-31(18-24(22)36-28)17-19-9-5-4-6-10-19;/h4-14H,3,15-18H2,1-2H3,(H,30,32);1H. The lowest BCUT2D eigenvalue weighted by Crippen LogP contribution is -2.29. The number of ether oxygens (including phenoxy) is 2. The number of amides is 1. The number of nitrogens with one attached hydrogen (secondary N) is 1. The summed E-state index contributed by atoms with van der Waals surface area (Å²) in [5.41, 5.74) is 3.14. The Kier molecular flexibility index (Phi) is 8.48. The molecule has 1 N–H and O–H groups in total. The number of methoxy groups -OCH3 is 1. The van der Waals surface area contributed by atoms with Crippen molar-refractivity contribution in [1.82, 2.24) is 4.90 Å². The van der Waals surface area contributed by atoms with Crippen molar-refractivity contribution in [2.75, 3.05) is 25.6 Å². The highest BCUT2D eigenvalue weighted by Crippen LogP contribution is 2.39. The monoisotopic (exact) mass is 536 g/mol. The SMILES string of the molecule is CCOc1ccc2ccccc2c1C(=O)Nc1sc2c(c1C(=O)OC)CCN(Cc1ccccc1)C2.Cl. The third-order valence-corrected chi connectivity index (χ3v) is 7.55. The van der Waals surface area contributed by atoms with Gasteiger partial charge in [0.15, 0.2) is 0 Å². The van der Waals surface area contributed by atoms with Crippen molar-refractivity contribution in [1.29, 1.82) is 0 Å². The third kappa shape index (κ3) is 5.49. The number of hydrogen-bond acceptors (Lipinski definition) is 6. The molecule has 5 rings (SSSR count). The lowest BCUT2D eigenvalue weighted by molar-refractivity contribution is 0.0600. The lowest BCUT2D eigenvalue weighted by Gasteiger charge is -2.27. The summed E-state index contributed by atoms with van der Waals surface area (Å²) in [4.78, 5) is 29.9. The topological polar surface area (TPSA) is 67.9 Å². The molecule has 1 aliphatic heterocycles. The number of fused-ring (bicyclic) bond motifs is 2. The van der Waals surface area contributed by atoms with Crippen LogP contribution < -0.4 is 10.1 Å². The van der Waals surface area contributed by atoms with Gasteiger partial charge in [0.1, 0.15) is 10.8 Å². The average molecular weight is 537 g/mol. The van der Waals surface area contributed by atoms with E-state index in [4.69, 9.17) is 9.47 Å². The van der Waals surface area contributed by atoms with Gasteiger partial charge in [-0.15, -0.1) is 23.7 Å². The summed E-state index contributed by atoms with van der Waals surface area (Å²) in [7, 11) is 1.38. The highest BCUT2D eigenvalue weighted by Gasteiger charge is 2.30. The molecule has 37 heavy (non-hydrogen) atoms. The molecule has 0 radical (unpaired) electrons. The van der Waals surface area contributed by atoms with Crippen molar-refractivity contribution in [3.8, 4) is 5.75 Å². The molecule has 0 atom stereocenters. The quantitative estimate of drug-likeness (QED) is 0.280. The van der Waals surface area contributed by atoms with E-state index in [9.17, 15) is 9.59 Å². The summed E-state index contributed by atoms with van der Waals surface area (Å²) >= 11 is 1.45. The van der Waals surface area contributed by atoms with Gasteiger partial charge < -0.3 is 14.8 Å². The van der Waals surface area contributed by atoms with Gasteiger partial charge in [-0.1, -0.05) is 60.7 Å². The molecule has 8 heteroatoms. The van der Waals surface area contributed by atoms with Crippen LogP contribution in [0.2, 0.25) is 0 Å². The first-order valence-corrected chi connectivity index (χ1v) is 12.9. The van der Waals surface area contributed by atoms with Crippen molar-refractivity contribution in [3.05, 3.63) is 93.9 Å². The minimum atomic E-state index is -0.428. The number of rotatable bonds is 7. The number of halogens is 1. The molecule has 0 fully saturated rings. The number of esters is 1. The van der Waals surface area contributed by atoms with Gasteiger partial charge in [-0.3, -0.25) is 9.69 Å². The molecular weight excluding hydrogens is 508 g/mol.